The largest absolute Gasteiger partial charge is 0.249 e. The second-order valence-corrected chi connectivity index (χ2v) is 4.42. The van der Waals surface area contributed by atoms with Gasteiger partial charge in [-0.25, -0.2) is 4.98 Å². The van der Waals surface area contributed by atoms with Gasteiger partial charge in [0.2, 0.25) is 0 Å². The molecule has 0 N–H and O–H groups in total. The van der Waals surface area contributed by atoms with Crippen molar-refractivity contribution in [3.63, 3.8) is 0 Å². The van der Waals surface area contributed by atoms with Crippen LogP contribution < -0.4 is 0 Å². The third kappa shape index (κ3) is 1.42. The van der Waals surface area contributed by atoms with E-state index in [0.29, 0.717) is 0 Å². The zero-order valence-electron chi connectivity index (χ0n) is 4.52. The fourth-order valence-corrected chi connectivity index (χ4v) is 1.93. The van der Waals surface area contributed by atoms with E-state index in [-0.39, 0.29) is 0 Å². The monoisotopic (exact) mass is 239 g/mol. The molecule has 3 heteroatoms. The number of nitrogens with zero attached hydrogens (tertiary/aromatic N) is 1. The molecule has 0 aliphatic carbocycles. The fourth-order valence-electron chi connectivity index (χ4n) is 0.451. The number of thiazole rings is 1. The van der Waals surface area contributed by atoms with Crippen molar-refractivity contribution in [1.82, 2.24) is 4.98 Å². The third-order valence-corrected chi connectivity index (χ3v) is 2.70. The van der Waals surface area contributed by atoms with E-state index in [1.54, 1.807) is 11.3 Å². The van der Waals surface area contributed by atoms with Gasteiger partial charge < -0.3 is 0 Å². The Morgan fingerprint density at radius 2 is 2.62 bits per heavy atom. The zero-order chi connectivity index (χ0) is 5.98. The molecule has 1 aromatic rings. The van der Waals surface area contributed by atoms with E-state index in [1.807, 2.05) is 6.20 Å². The van der Waals surface area contributed by atoms with E-state index in [0.717, 1.165) is 6.42 Å². The van der Waals surface area contributed by atoms with Crippen molar-refractivity contribution in [2.45, 2.75) is 13.3 Å². The maximum atomic E-state index is 4.15. The quantitative estimate of drug-likeness (QED) is 0.685. The highest BCUT2D eigenvalue weighted by Crippen LogP contribution is 2.14. The van der Waals surface area contributed by atoms with Crippen LogP contribution in [0.1, 0.15) is 11.9 Å². The Labute approximate surface area is 66.3 Å². The molecule has 0 radical (unpaired) electrons. The minimum absolute atomic E-state index is 1.06. The zero-order valence-corrected chi connectivity index (χ0v) is 7.49. The number of hydrogen-bond acceptors (Lipinski definition) is 2. The molecule has 0 aliphatic heterocycles. The van der Waals surface area contributed by atoms with Gasteiger partial charge >= 0.3 is 0 Å². The van der Waals surface area contributed by atoms with Crippen molar-refractivity contribution in [2.24, 2.45) is 0 Å². The first-order chi connectivity index (χ1) is 3.83. The molecule has 1 heterocycles. The van der Waals surface area contributed by atoms with Crippen molar-refractivity contribution < 1.29 is 0 Å². The van der Waals surface area contributed by atoms with Crippen LogP contribution in [0.15, 0.2) is 6.20 Å². The standard InChI is InChI=1S/C5H6INS/c1-2-5-7-3-4(6)8-5/h3H,2H2,1H3. The lowest BCUT2D eigenvalue weighted by molar-refractivity contribution is 1.09. The molecule has 0 bridgehead atoms. The summed E-state index contributed by atoms with van der Waals surface area (Å²) in [5.41, 5.74) is 0. The van der Waals surface area contributed by atoms with E-state index < -0.39 is 0 Å². The number of rotatable bonds is 1. The topological polar surface area (TPSA) is 12.9 Å². The van der Waals surface area contributed by atoms with Crippen LogP contribution in [0.3, 0.4) is 0 Å². The third-order valence-electron chi connectivity index (χ3n) is 0.828. The lowest BCUT2D eigenvalue weighted by atomic mass is 10.5. The highest BCUT2D eigenvalue weighted by atomic mass is 127. The Bertz CT molecular complexity index is 173. The van der Waals surface area contributed by atoms with Gasteiger partial charge in [-0.05, 0) is 29.0 Å². The molecular formula is C5H6INS. The lowest BCUT2D eigenvalue weighted by Gasteiger charge is -1.77. The highest BCUT2D eigenvalue weighted by Gasteiger charge is 1.92. The van der Waals surface area contributed by atoms with Crippen LogP contribution >= 0.6 is 33.9 Å². The van der Waals surface area contributed by atoms with E-state index in [9.17, 15) is 0 Å². The number of halogens is 1. The van der Waals surface area contributed by atoms with Gasteiger partial charge in [0.1, 0.15) is 0 Å². The Kier molecular flexibility index (Phi) is 2.25. The molecule has 1 aromatic heterocycles. The van der Waals surface area contributed by atoms with Crippen LogP contribution in [0.5, 0.6) is 0 Å². The van der Waals surface area contributed by atoms with Gasteiger partial charge in [-0.15, -0.1) is 11.3 Å². The predicted octanol–water partition coefficient (Wildman–Crippen LogP) is 2.31. The summed E-state index contributed by atoms with van der Waals surface area (Å²) in [6.45, 7) is 2.12. The maximum absolute atomic E-state index is 4.15. The van der Waals surface area contributed by atoms with Gasteiger partial charge in [0, 0.05) is 0 Å². The van der Waals surface area contributed by atoms with Crippen LogP contribution in [-0.4, -0.2) is 4.98 Å². The van der Waals surface area contributed by atoms with E-state index in [1.165, 1.54) is 7.89 Å². The summed E-state index contributed by atoms with van der Waals surface area (Å²) in [7, 11) is 0. The molecule has 0 fully saturated rings. The van der Waals surface area contributed by atoms with Crippen LogP contribution in [-0.2, 0) is 6.42 Å². The van der Waals surface area contributed by atoms with Gasteiger partial charge in [-0.3, -0.25) is 0 Å². The molecule has 0 saturated carbocycles. The average molecular weight is 239 g/mol. The Morgan fingerprint density at radius 1 is 1.88 bits per heavy atom. The van der Waals surface area contributed by atoms with E-state index in [4.69, 9.17) is 0 Å². The van der Waals surface area contributed by atoms with Crippen LogP contribution in [0.25, 0.3) is 0 Å². The molecule has 0 unspecified atom stereocenters. The molecular weight excluding hydrogens is 233 g/mol. The average Bonchev–Trinajstić information content (AvgIpc) is 2.14. The molecule has 1 nitrogen and oxygen atoms in total. The normalized spacial score (nSPS) is 9.75. The van der Waals surface area contributed by atoms with Crippen molar-refractivity contribution in [1.29, 1.82) is 0 Å². The predicted molar refractivity (Wildman–Crippen MR) is 44.2 cm³/mol. The van der Waals surface area contributed by atoms with Crippen molar-refractivity contribution >= 4 is 33.9 Å². The molecule has 44 valence electrons. The van der Waals surface area contributed by atoms with Gasteiger partial charge in [0.15, 0.2) is 0 Å². The Balaban J connectivity index is 2.84. The first-order valence-electron chi connectivity index (χ1n) is 2.43. The second kappa shape index (κ2) is 2.77. The van der Waals surface area contributed by atoms with Gasteiger partial charge in [-0.2, -0.15) is 0 Å². The molecule has 0 spiro atoms. The SMILES string of the molecule is CCc1ncc(I)s1. The van der Waals surface area contributed by atoms with E-state index in [2.05, 4.69) is 34.5 Å². The molecule has 0 aliphatic rings. The molecule has 0 saturated heterocycles. The molecule has 0 atom stereocenters. The Hall–Kier alpha value is 0.360. The Morgan fingerprint density at radius 3 is 2.88 bits per heavy atom. The number of hydrogen-bond donors (Lipinski definition) is 0. The van der Waals surface area contributed by atoms with Crippen LogP contribution in [0, 0.1) is 2.88 Å². The fraction of sp³-hybridized carbons (Fsp3) is 0.400. The van der Waals surface area contributed by atoms with E-state index >= 15 is 0 Å². The summed E-state index contributed by atoms with van der Waals surface area (Å²) in [4.78, 5) is 4.15. The summed E-state index contributed by atoms with van der Waals surface area (Å²) in [5.74, 6) is 0. The van der Waals surface area contributed by atoms with Crippen molar-refractivity contribution in [3.8, 4) is 0 Å². The summed E-state index contributed by atoms with van der Waals surface area (Å²) < 4.78 is 1.28. The molecule has 1 rings (SSSR count). The first kappa shape index (κ1) is 6.48. The summed E-state index contributed by atoms with van der Waals surface area (Å²) in [6, 6.07) is 0. The van der Waals surface area contributed by atoms with Gasteiger partial charge in [0.25, 0.3) is 0 Å². The van der Waals surface area contributed by atoms with Crippen molar-refractivity contribution in [3.05, 3.63) is 14.1 Å². The van der Waals surface area contributed by atoms with Gasteiger partial charge in [0.05, 0.1) is 14.1 Å². The lowest BCUT2D eigenvalue weighted by Crippen LogP contribution is -1.70. The number of aromatic nitrogens is 1. The molecule has 8 heavy (non-hydrogen) atoms. The summed E-state index contributed by atoms with van der Waals surface area (Å²) in [6.07, 6.45) is 2.97. The molecule has 0 aromatic carbocycles. The summed E-state index contributed by atoms with van der Waals surface area (Å²) >= 11 is 4.04. The minimum Gasteiger partial charge on any atom is -0.249 e. The highest BCUT2D eigenvalue weighted by molar-refractivity contribution is 14.1. The van der Waals surface area contributed by atoms with Gasteiger partial charge in [-0.1, -0.05) is 6.92 Å². The molecule has 0 amide bonds. The van der Waals surface area contributed by atoms with Crippen molar-refractivity contribution in [2.75, 3.05) is 0 Å². The second-order valence-electron chi connectivity index (χ2n) is 1.41. The smallest absolute Gasteiger partial charge is 0.0933 e. The summed E-state index contributed by atoms with van der Waals surface area (Å²) in [5, 5.41) is 1.23. The maximum Gasteiger partial charge on any atom is 0.0933 e. The van der Waals surface area contributed by atoms with Crippen LogP contribution in [0.2, 0.25) is 0 Å². The first-order valence-corrected chi connectivity index (χ1v) is 4.32. The number of aryl methyl sites for hydroxylation is 1. The minimum atomic E-state index is 1.06. The van der Waals surface area contributed by atoms with Crippen LogP contribution in [0.4, 0.5) is 0 Å².